The van der Waals surface area contributed by atoms with Crippen molar-refractivity contribution < 1.29 is 9.59 Å². The minimum Gasteiger partial charge on any atom is -0.340 e. The van der Waals surface area contributed by atoms with Gasteiger partial charge in [-0.15, -0.1) is 0 Å². The molecule has 1 aromatic rings. The zero-order valence-electron chi connectivity index (χ0n) is 15.0. The lowest BCUT2D eigenvalue weighted by molar-refractivity contribution is -0.132. The van der Waals surface area contributed by atoms with Gasteiger partial charge in [-0.25, -0.2) is 0 Å². The Morgan fingerprint density at radius 2 is 2.04 bits per heavy atom. The van der Waals surface area contributed by atoms with Gasteiger partial charge in [0.25, 0.3) is 5.91 Å². The molecule has 24 heavy (non-hydrogen) atoms. The second-order valence-corrected chi connectivity index (χ2v) is 7.06. The molecule has 2 atom stereocenters. The Labute approximate surface area is 143 Å². The van der Waals surface area contributed by atoms with Crippen LogP contribution in [0, 0.1) is 12.8 Å². The van der Waals surface area contributed by atoms with Crippen LogP contribution < -0.4 is 0 Å². The lowest BCUT2D eigenvalue weighted by atomic mass is 9.88. The highest BCUT2D eigenvalue weighted by Crippen LogP contribution is 2.30. The maximum absolute atomic E-state index is 12.8. The van der Waals surface area contributed by atoms with Gasteiger partial charge in [-0.05, 0) is 45.1 Å². The number of piperidine rings is 1. The van der Waals surface area contributed by atoms with Crippen LogP contribution >= 0.6 is 0 Å². The van der Waals surface area contributed by atoms with E-state index in [1.165, 1.54) is 0 Å². The molecule has 0 spiro atoms. The second kappa shape index (κ2) is 6.95. The van der Waals surface area contributed by atoms with Crippen molar-refractivity contribution in [2.24, 2.45) is 5.92 Å². The van der Waals surface area contributed by atoms with Gasteiger partial charge in [0.2, 0.25) is 5.91 Å². The van der Waals surface area contributed by atoms with Gasteiger partial charge in [0, 0.05) is 44.8 Å². The third-order valence-corrected chi connectivity index (χ3v) is 5.51. The number of rotatable bonds is 2. The molecule has 0 unspecified atom stereocenters. The highest BCUT2D eigenvalue weighted by atomic mass is 16.2. The molecule has 2 fully saturated rings. The van der Waals surface area contributed by atoms with Gasteiger partial charge in [0.1, 0.15) is 0 Å². The van der Waals surface area contributed by atoms with Crippen LogP contribution in [-0.2, 0) is 11.3 Å². The van der Waals surface area contributed by atoms with E-state index in [0.717, 1.165) is 51.0 Å². The fourth-order valence-electron chi connectivity index (χ4n) is 4.24. The van der Waals surface area contributed by atoms with Crippen molar-refractivity contribution in [2.75, 3.05) is 19.6 Å². The number of fused-ring (bicyclic) bond motifs is 1. The Balaban J connectivity index is 1.73. The van der Waals surface area contributed by atoms with Crippen LogP contribution in [0.5, 0.6) is 0 Å². The molecule has 6 heteroatoms. The first-order valence-corrected chi connectivity index (χ1v) is 9.12. The minimum atomic E-state index is 0.0300. The molecule has 0 aromatic carbocycles. The standard InChI is InChI=1S/C18H28N4O2/c1-4-22-13(2)11-16(19-22)18(24)20-10-8-17-15(12-20)7-5-6-9-21(17)14(3)23/h11,15,17H,4-10,12H2,1-3H3/t15-,17+/m0/s1. The molecule has 0 saturated carbocycles. The summed E-state index contributed by atoms with van der Waals surface area (Å²) >= 11 is 0. The quantitative estimate of drug-likeness (QED) is 0.833. The van der Waals surface area contributed by atoms with E-state index in [9.17, 15) is 9.59 Å². The molecule has 0 bridgehead atoms. The summed E-state index contributed by atoms with van der Waals surface area (Å²) < 4.78 is 1.86. The SMILES string of the molecule is CCn1nc(C(=O)N2CC[C@@H]3[C@@H](CCCCN3C(C)=O)C2)cc1C. The Hall–Kier alpha value is -1.85. The van der Waals surface area contributed by atoms with Gasteiger partial charge >= 0.3 is 0 Å². The number of nitrogens with zero attached hydrogens (tertiary/aromatic N) is 4. The Bertz CT molecular complexity index is 625. The molecule has 0 radical (unpaired) electrons. The summed E-state index contributed by atoms with van der Waals surface area (Å²) in [5, 5.41) is 4.43. The number of aryl methyl sites for hydroxylation is 2. The fourth-order valence-corrected chi connectivity index (χ4v) is 4.24. The van der Waals surface area contributed by atoms with Crippen LogP contribution in [0.1, 0.15) is 55.7 Å². The number of amides is 2. The summed E-state index contributed by atoms with van der Waals surface area (Å²) in [5.41, 5.74) is 1.57. The van der Waals surface area contributed by atoms with E-state index in [1.807, 2.05) is 34.4 Å². The van der Waals surface area contributed by atoms with Crippen molar-refractivity contribution in [1.82, 2.24) is 19.6 Å². The number of carbonyl (C=O) groups is 2. The van der Waals surface area contributed by atoms with Gasteiger partial charge in [0.05, 0.1) is 0 Å². The number of likely N-dealkylation sites (tertiary alicyclic amines) is 2. The summed E-state index contributed by atoms with van der Waals surface area (Å²) in [5.74, 6) is 0.592. The molecule has 2 aliphatic heterocycles. The largest absolute Gasteiger partial charge is 0.340 e. The lowest BCUT2D eigenvalue weighted by Gasteiger charge is -2.42. The highest BCUT2D eigenvalue weighted by Gasteiger charge is 2.37. The predicted molar refractivity (Wildman–Crippen MR) is 91.7 cm³/mol. The molecule has 2 aliphatic rings. The van der Waals surface area contributed by atoms with Crippen molar-refractivity contribution in [3.05, 3.63) is 17.5 Å². The monoisotopic (exact) mass is 332 g/mol. The second-order valence-electron chi connectivity index (χ2n) is 7.06. The molecular weight excluding hydrogens is 304 g/mol. The molecule has 132 valence electrons. The van der Waals surface area contributed by atoms with Crippen LogP contribution in [0.15, 0.2) is 6.07 Å². The van der Waals surface area contributed by atoms with Crippen molar-refractivity contribution in [1.29, 1.82) is 0 Å². The Morgan fingerprint density at radius 1 is 1.25 bits per heavy atom. The topological polar surface area (TPSA) is 58.4 Å². The molecule has 3 heterocycles. The summed E-state index contributed by atoms with van der Waals surface area (Å²) in [7, 11) is 0. The van der Waals surface area contributed by atoms with Crippen LogP contribution in [0.3, 0.4) is 0 Å². The van der Waals surface area contributed by atoms with E-state index in [4.69, 9.17) is 0 Å². The van der Waals surface area contributed by atoms with Crippen LogP contribution in [0.25, 0.3) is 0 Å². The summed E-state index contributed by atoms with van der Waals surface area (Å²) in [6, 6.07) is 2.18. The van der Waals surface area contributed by atoms with Crippen LogP contribution in [0.2, 0.25) is 0 Å². The van der Waals surface area contributed by atoms with E-state index < -0.39 is 0 Å². The summed E-state index contributed by atoms with van der Waals surface area (Å²) in [4.78, 5) is 28.8. The van der Waals surface area contributed by atoms with E-state index in [-0.39, 0.29) is 11.8 Å². The average Bonchev–Trinajstić information content (AvgIpc) is 2.81. The molecule has 0 aliphatic carbocycles. The zero-order valence-corrected chi connectivity index (χ0v) is 15.0. The molecule has 0 N–H and O–H groups in total. The lowest BCUT2D eigenvalue weighted by Crippen LogP contribution is -2.53. The number of aromatic nitrogens is 2. The third kappa shape index (κ3) is 3.19. The molecule has 1 aromatic heterocycles. The number of hydrogen-bond donors (Lipinski definition) is 0. The summed E-state index contributed by atoms with van der Waals surface area (Å²) in [6.07, 6.45) is 4.18. The predicted octanol–water partition coefficient (Wildman–Crippen LogP) is 2.07. The zero-order chi connectivity index (χ0) is 17.3. The maximum Gasteiger partial charge on any atom is 0.274 e. The van der Waals surface area contributed by atoms with Crippen molar-refractivity contribution >= 4 is 11.8 Å². The van der Waals surface area contributed by atoms with Gasteiger partial charge < -0.3 is 9.80 Å². The molecule has 2 saturated heterocycles. The highest BCUT2D eigenvalue weighted by molar-refractivity contribution is 5.92. The van der Waals surface area contributed by atoms with Crippen LogP contribution in [0.4, 0.5) is 0 Å². The maximum atomic E-state index is 12.8. The average molecular weight is 332 g/mol. The van der Waals surface area contributed by atoms with Gasteiger partial charge in [-0.3, -0.25) is 14.3 Å². The van der Waals surface area contributed by atoms with E-state index >= 15 is 0 Å². The third-order valence-electron chi connectivity index (χ3n) is 5.51. The fraction of sp³-hybridized carbons (Fsp3) is 0.722. The van der Waals surface area contributed by atoms with Gasteiger partial charge in [-0.1, -0.05) is 6.42 Å². The van der Waals surface area contributed by atoms with Crippen molar-refractivity contribution in [2.45, 2.75) is 59.0 Å². The Morgan fingerprint density at radius 3 is 2.71 bits per heavy atom. The number of carbonyl (C=O) groups excluding carboxylic acids is 2. The molecule has 2 amide bonds. The van der Waals surface area contributed by atoms with E-state index in [0.29, 0.717) is 24.2 Å². The van der Waals surface area contributed by atoms with Crippen molar-refractivity contribution in [3.63, 3.8) is 0 Å². The first-order valence-electron chi connectivity index (χ1n) is 9.12. The van der Waals surface area contributed by atoms with E-state index in [2.05, 4.69) is 5.10 Å². The van der Waals surface area contributed by atoms with Crippen molar-refractivity contribution in [3.8, 4) is 0 Å². The molecular formula is C18H28N4O2. The first kappa shape index (κ1) is 17.0. The number of hydrogen-bond acceptors (Lipinski definition) is 3. The molecule has 6 nitrogen and oxygen atoms in total. The minimum absolute atomic E-state index is 0.0300. The first-order chi connectivity index (χ1) is 11.5. The summed E-state index contributed by atoms with van der Waals surface area (Å²) in [6.45, 7) is 8.77. The van der Waals surface area contributed by atoms with Gasteiger partial charge in [-0.2, -0.15) is 5.10 Å². The molecule has 3 rings (SSSR count). The smallest absolute Gasteiger partial charge is 0.274 e. The van der Waals surface area contributed by atoms with Crippen LogP contribution in [-0.4, -0.2) is 57.1 Å². The normalized spacial score (nSPS) is 24.5. The Kier molecular flexibility index (Phi) is 4.92. The van der Waals surface area contributed by atoms with Gasteiger partial charge in [0.15, 0.2) is 5.69 Å². The van der Waals surface area contributed by atoms with E-state index in [1.54, 1.807) is 6.92 Å².